The molecule has 2 saturated heterocycles. The van der Waals surface area contributed by atoms with Crippen molar-refractivity contribution in [3.63, 3.8) is 0 Å². The van der Waals surface area contributed by atoms with E-state index in [1.165, 1.54) is 14.0 Å². The Balaban J connectivity index is 1.50. The SMILES string of the molecule is COc1cc2ncnc(N3CCC4(CCN(C(=O)OC(C)(C)C)C4)CC3)c2cc1OC(C)=O. The quantitative estimate of drug-likeness (QED) is 0.509. The highest BCUT2D eigenvalue weighted by Gasteiger charge is 2.43. The maximum Gasteiger partial charge on any atom is 0.410 e. The summed E-state index contributed by atoms with van der Waals surface area (Å²) in [6, 6.07) is 3.54. The Morgan fingerprint density at radius 2 is 1.73 bits per heavy atom. The molecule has 0 N–H and O–H groups in total. The van der Waals surface area contributed by atoms with Crippen molar-refractivity contribution in [1.82, 2.24) is 14.9 Å². The van der Waals surface area contributed by atoms with Gasteiger partial charge >= 0.3 is 12.1 Å². The average Bonchev–Trinajstić information content (AvgIpc) is 3.16. The fourth-order valence-corrected chi connectivity index (χ4v) is 4.71. The number of nitrogens with zero attached hydrogens (tertiary/aromatic N) is 4. The maximum atomic E-state index is 12.5. The van der Waals surface area contributed by atoms with Crippen LogP contribution in [0.5, 0.6) is 11.5 Å². The van der Waals surface area contributed by atoms with Crippen LogP contribution in [-0.4, -0.2) is 65.8 Å². The van der Waals surface area contributed by atoms with E-state index in [0.29, 0.717) is 11.5 Å². The molecule has 2 fully saturated rings. The van der Waals surface area contributed by atoms with Crippen LogP contribution >= 0.6 is 0 Å². The Morgan fingerprint density at radius 1 is 1.03 bits per heavy atom. The third-order valence-electron chi connectivity index (χ3n) is 6.37. The van der Waals surface area contributed by atoms with Crippen molar-refractivity contribution in [3.05, 3.63) is 18.5 Å². The van der Waals surface area contributed by atoms with Gasteiger partial charge in [0.1, 0.15) is 17.7 Å². The molecule has 1 amide bonds. The first kappa shape index (κ1) is 23.1. The summed E-state index contributed by atoms with van der Waals surface area (Å²) < 4.78 is 16.3. The number of benzene rings is 1. The van der Waals surface area contributed by atoms with E-state index in [2.05, 4.69) is 14.9 Å². The zero-order valence-corrected chi connectivity index (χ0v) is 20.0. The second-order valence-corrected chi connectivity index (χ2v) is 9.95. The van der Waals surface area contributed by atoms with E-state index in [9.17, 15) is 9.59 Å². The monoisotopic (exact) mass is 456 g/mol. The zero-order chi connectivity index (χ0) is 23.8. The molecule has 0 saturated carbocycles. The molecule has 9 nitrogen and oxygen atoms in total. The molecular formula is C24H32N4O5. The summed E-state index contributed by atoms with van der Waals surface area (Å²) >= 11 is 0. The van der Waals surface area contributed by atoms with Crippen molar-refractivity contribution in [2.75, 3.05) is 38.2 Å². The van der Waals surface area contributed by atoms with Crippen LogP contribution in [0.25, 0.3) is 10.9 Å². The molecule has 3 heterocycles. The predicted molar refractivity (Wildman–Crippen MR) is 124 cm³/mol. The van der Waals surface area contributed by atoms with Gasteiger partial charge in [-0.2, -0.15) is 0 Å². The molecule has 0 unspecified atom stereocenters. The number of esters is 1. The van der Waals surface area contributed by atoms with Crippen molar-refractivity contribution < 1.29 is 23.8 Å². The lowest BCUT2D eigenvalue weighted by Gasteiger charge is -2.40. The minimum absolute atomic E-state index is 0.113. The highest BCUT2D eigenvalue weighted by Crippen LogP contribution is 2.43. The molecular weight excluding hydrogens is 424 g/mol. The third kappa shape index (κ3) is 4.96. The minimum Gasteiger partial charge on any atom is -0.493 e. The van der Waals surface area contributed by atoms with E-state index in [-0.39, 0.29) is 11.5 Å². The number of aromatic nitrogens is 2. The van der Waals surface area contributed by atoms with Crippen LogP contribution < -0.4 is 14.4 Å². The second kappa shape index (κ2) is 8.68. The van der Waals surface area contributed by atoms with Gasteiger partial charge in [0.25, 0.3) is 0 Å². The lowest BCUT2D eigenvalue weighted by atomic mass is 9.78. The van der Waals surface area contributed by atoms with Gasteiger partial charge in [0.2, 0.25) is 0 Å². The largest absolute Gasteiger partial charge is 0.493 e. The van der Waals surface area contributed by atoms with Crippen LogP contribution in [0.1, 0.15) is 47.0 Å². The summed E-state index contributed by atoms with van der Waals surface area (Å²) in [4.78, 5) is 37.1. The fourth-order valence-electron chi connectivity index (χ4n) is 4.71. The van der Waals surface area contributed by atoms with E-state index < -0.39 is 11.6 Å². The number of ether oxygens (including phenoxy) is 3. The first-order chi connectivity index (χ1) is 15.6. The molecule has 0 atom stereocenters. The van der Waals surface area contributed by atoms with Crippen LogP contribution in [0.15, 0.2) is 18.5 Å². The molecule has 9 heteroatoms. The molecule has 2 aliphatic rings. The maximum absolute atomic E-state index is 12.5. The van der Waals surface area contributed by atoms with Crippen LogP contribution in [-0.2, 0) is 9.53 Å². The van der Waals surface area contributed by atoms with Crippen LogP contribution in [0.3, 0.4) is 0 Å². The van der Waals surface area contributed by atoms with Gasteiger partial charge in [-0.3, -0.25) is 4.79 Å². The molecule has 178 valence electrons. The lowest BCUT2D eigenvalue weighted by Crippen LogP contribution is -2.43. The van der Waals surface area contributed by atoms with E-state index >= 15 is 0 Å². The molecule has 1 aromatic heterocycles. The molecule has 0 bridgehead atoms. The number of hydrogen-bond acceptors (Lipinski definition) is 8. The van der Waals surface area contributed by atoms with Crippen molar-refractivity contribution in [2.45, 2.75) is 52.6 Å². The van der Waals surface area contributed by atoms with Crippen molar-refractivity contribution in [1.29, 1.82) is 0 Å². The number of anilines is 1. The van der Waals surface area contributed by atoms with Crippen molar-refractivity contribution >= 4 is 28.8 Å². The molecule has 33 heavy (non-hydrogen) atoms. The van der Waals surface area contributed by atoms with Gasteiger partial charge in [0.15, 0.2) is 11.5 Å². The summed E-state index contributed by atoms with van der Waals surface area (Å²) in [5.74, 6) is 1.20. The molecule has 2 aliphatic heterocycles. The normalized spacial score (nSPS) is 18.0. The molecule has 2 aromatic rings. The highest BCUT2D eigenvalue weighted by molar-refractivity contribution is 5.92. The molecule has 1 spiro atoms. The van der Waals surface area contributed by atoms with Gasteiger partial charge in [0.05, 0.1) is 12.6 Å². The Kier molecular flexibility index (Phi) is 6.07. The van der Waals surface area contributed by atoms with Gasteiger partial charge < -0.3 is 24.0 Å². The summed E-state index contributed by atoms with van der Waals surface area (Å²) in [6.45, 7) is 10.1. The van der Waals surface area contributed by atoms with Gasteiger partial charge in [-0.25, -0.2) is 14.8 Å². The van der Waals surface area contributed by atoms with Gasteiger partial charge in [0, 0.05) is 44.6 Å². The smallest absolute Gasteiger partial charge is 0.410 e. The lowest BCUT2D eigenvalue weighted by molar-refractivity contribution is -0.132. The van der Waals surface area contributed by atoms with E-state index in [1.807, 2.05) is 25.7 Å². The van der Waals surface area contributed by atoms with Gasteiger partial charge in [-0.05, 0) is 51.5 Å². The standard InChI is InChI=1S/C24H32N4O5/c1-16(29)32-20-12-17-18(13-19(20)31-5)25-15-26-21(17)27-9-6-24(7-10-27)8-11-28(14-24)22(30)33-23(2,3)4/h12-13,15H,6-11,14H2,1-5H3. The summed E-state index contributed by atoms with van der Waals surface area (Å²) in [7, 11) is 1.53. The van der Waals surface area contributed by atoms with Crippen LogP contribution in [0.4, 0.5) is 10.6 Å². The summed E-state index contributed by atoms with van der Waals surface area (Å²) in [5.41, 5.74) is 0.352. The number of piperidine rings is 1. The number of carbonyl (C=O) groups is 2. The summed E-state index contributed by atoms with van der Waals surface area (Å²) in [6.07, 6.45) is 4.23. The number of likely N-dealkylation sites (tertiary alicyclic amines) is 1. The molecule has 1 aromatic carbocycles. The van der Waals surface area contributed by atoms with Gasteiger partial charge in [-0.15, -0.1) is 0 Å². The molecule has 0 aliphatic carbocycles. The van der Waals surface area contributed by atoms with Crippen molar-refractivity contribution in [2.24, 2.45) is 5.41 Å². The minimum atomic E-state index is -0.488. The topological polar surface area (TPSA) is 94.1 Å². The van der Waals surface area contributed by atoms with Crippen LogP contribution in [0, 0.1) is 5.41 Å². The molecule has 0 radical (unpaired) electrons. The Hall–Kier alpha value is -3.10. The number of hydrogen-bond donors (Lipinski definition) is 0. The van der Waals surface area contributed by atoms with E-state index in [0.717, 1.165) is 62.2 Å². The van der Waals surface area contributed by atoms with Gasteiger partial charge in [-0.1, -0.05) is 0 Å². The summed E-state index contributed by atoms with van der Waals surface area (Å²) in [5, 5.41) is 0.812. The number of rotatable bonds is 3. The predicted octanol–water partition coefficient (Wildman–Crippen LogP) is 3.79. The number of amides is 1. The molecule has 4 rings (SSSR count). The van der Waals surface area contributed by atoms with Crippen LogP contribution in [0.2, 0.25) is 0 Å². The van der Waals surface area contributed by atoms with E-state index in [1.54, 1.807) is 18.5 Å². The number of methoxy groups -OCH3 is 1. The Morgan fingerprint density at radius 3 is 2.36 bits per heavy atom. The fraction of sp³-hybridized carbons (Fsp3) is 0.583. The second-order valence-electron chi connectivity index (χ2n) is 9.95. The number of carbonyl (C=O) groups excluding carboxylic acids is 2. The van der Waals surface area contributed by atoms with Crippen molar-refractivity contribution in [3.8, 4) is 11.5 Å². The average molecular weight is 457 g/mol. The number of fused-ring (bicyclic) bond motifs is 1. The Bertz CT molecular complexity index is 1060. The Labute approximate surface area is 194 Å². The van der Waals surface area contributed by atoms with E-state index in [4.69, 9.17) is 14.2 Å². The zero-order valence-electron chi connectivity index (χ0n) is 20.0. The first-order valence-electron chi connectivity index (χ1n) is 11.3. The third-order valence-corrected chi connectivity index (χ3v) is 6.37. The first-order valence-corrected chi connectivity index (χ1v) is 11.3. The highest BCUT2D eigenvalue weighted by atomic mass is 16.6.